The molecule has 0 spiro atoms. The zero-order chi connectivity index (χ0) is 29.8. The van der Waals surface area contributed by atoms with E-state index in [2.05, 4.69) is 30.7 Å². The van der Waals surface area contributed by atoms with Gasteiger partial charge in [0, 0.05) is 0 Å². The number of nitrogens with zero attached hydrogens (tertiary/aromatic N) is 6. The molecule has 4 aromatic carbocycles. The van der Waals surface area contributed by atoms with Crippen LogP contribution in [-0.4, -0.2) is 26.8 Å². The third-order valence-electron chi connectivity index (χ3n) is 6.76. The van der Waals surface area contributed by atoms with E-state index in [1.54, 1.807) is 13.8 Å². The van der Waals surface area contributed by atoms with Crippen LogP contribution in [0.5, 0.6) is 0 Å². The van der Waals surface area contributed by atoms with Gasteiger partial charge in [-0.05, 0) is 62.4 Å². The van der Waals surface area contributed by atoms with E-state index >= 15 is 0 Å². The first kappa shape index (κ1) is 27.3. The molecule has 0 aliphatic heterocycles. The maximum atomic E-state index is 12.8. The zero-order valence-corrected chi connectivity index (χ0v) is 23.5. The van der Waals surface area contributed by atoms with Gasteiger partial charge in [-0.15, -0.1) is 10.2 Å². The molecular formula is C32H26BN8O2. The number of H-pyrrole nitrogens is 2. The van der Waals surface area contributed by atoms with E-state index in [9.17, 15) is 9.59 Å². The molecule has 1 radical (unpaired) electrons. The summed E-state index contributed by atoms with van der Waals surface area (Å²) in [4.78, 5) is 25.7. The molecule has 0 aliphatic carbocycles. The average Bonchev–Trinajstić information content (AvgIpc) is 3.49. The summed E-state index contributed by atoms with van der Waals surface area (Å²) in [6.07, 6.45) is 0. The molecule has 0 unspecified atom stereocenters. The van der Waals surface area contributed by atoms with Crippen molar-refractivity contribution in [1.82, 2.24) is 19.6 Å². The summed E-state index contributed by atoms with van der Waals surface area (Å²) in [6.45, 7) is 3.59. The van der Waals surface area contributed by atoms with E-state index in [1.165, 1.54) is 9.36 Å². The molecule has 0 aliphatic rings. The Labute approximate surface area is 247 Å². The second-order valence-corrected chi connectivity index (χ2v) is 9.85. The molecule has 2 heterocycles. The van der Waals surface area contributed by atoms with Crippen molar-refractivity contribution in [3.63, 3.8) is 0 Å². The van der Waals surface area contributed by atoms with Gasteiger partial charge < -0.3 is 0 Å². The Bertz CT molecular complexity index is 1890. The summed E-state index contributed by atoms with van der Waals surface area (Å²) in [5.74, 6) is 0. The lowest BCUT2D eigenvalue weighted by molar-refractivity contribution is 0.835. The fourth-order valence-corrected chi connectivity index (χ4v) is 4.51. The fourth-order valence-electron chi connectivity index (χ4n) is 4.51. The highest BCUT2D eigenvalue weighted by atomic mass is 16.1. The molecule has 43 heavy (non-hydrogen) atoms. The SMILES string of the molecule is Cc1[nH]n(-c2ccccc2)c(=O)c1N=Nc1ccc([B]c2ccc(N=Nc3c(C)[nH]n(-c4ccccc4)c3=O)cc2)cc1. The Balaban J connectivity index is 1.10. The Hall–Kier alpha value is -5.84. The van der Waals surface area contributed by atoms with Crippen molar-refractivity contribution in [3.05, 3.63) is 141 Å². The Morgan fingerprint density at radius 2 is 0.884 bits per heavy atom. The van der Waals surface area contributed by atoms with Crippen LogP contribution >= 0.6 is 0 Å². The number of para-hydroxylation sites is 2. The van der Waals surface area contributed by atoms with E-state index < -0.39 is 0 Å². The van der Waals surface area contributed by atoms with Crippen LogP contribution in [0.1, 0.15) is 11.4 Å². The van der Waals surface area contributed by atoms with Gasteiger partial charge in [0.1, 0.15) is 0 Å². The number of hydrogen-bond acceptors (Lipinski definition) is 6. The lowest BCUT2D eigenvalue weighted by Crippen LogP contribution is -2.26. The van der Waals surface area contributed by atoms with E-state index in [0.29, 0.717) is 22.8 Å². The van der Waals surface area contributed by atoms with Crippen molar-refractivity contribution in [2.24, 2.45) is 20.5 Å². The van der Waals surface area contributed by atoms with Crippen LogP contribution < -0.4 is 22.0 Å². The largest absolute Gasteiger partial charge is 0.299 e. The molecule has 6 aromatic rings. The van der Waals surface area contributed by atoms with Crippen LogP contribution in [0.25, 0.3) is 11.4 Å². The number of hydrogen-bond donors (Lipinski definition) is 2. The monoisotopic (exact) mass is 565 g/mol. The number of benzene rings is 4. The molecule has 2 aromatic heterocycles. The lowest BCUT2D eigenvalue weighted by atomic mass is 9.64. The van der Waals surface area contributed by atoms with Crippen LogP contribution in [0, 0.1) is 13.8 Å². The number of azo groups is 2. The van der Waals surface area contributed by atoms with Gasteiger partial charge >= 0.3 is 0 Å². The number of aryl methyl sites for hydroxylation is 2. The predicted octanol–water partition coefficient (Wildman–Crippen LogP) is 5.75. The van der Waals surface area contributed by atoms with Gasteiger partial charge in [0.2, 0.25) is 0 Å². The van der Waals surface area contributed by atoms with Crippen molar-refractivity contribution in [3.8, 4) is 11.4 Å². The standard InChI is InChI=1S/C32H26BN8O2/c1-21-29(31(42)40(38-21)27-9-5-3-6-10-27)36-34-25-17-13-23(14-18-25)33-24-15-19-26(20-16-24)35-37-30-22(2)39-41(32(30)43)28-11-7-4-8-12-28/h3-20,38-39H,1-2H3. The summed E-state index contributed by atoms with van der Waals surface area (Å²) in [7, 11) is 2.02. The molecule has 209 valence electrons. The van der Waals surface area contributed by atoms with E-state index in [1.807, 2.05) is 116 Å². The normalized spacial score (nSPS) is 11.5. The zero-order valence-electron chi connectivity index (χ0n) is 23.5. The minimum atomic E-state index is -0.257. The van der Waals surface area contributed by atoms with Gasteiger partial charge in [0.25, 0.3) is 11.1 Å². The van der Waals surface area contributed by atoms with Crippen molar-refractivity contribution in [2.45, 2.75) is 13.8 Å². The first-order valence-electron chi connectivity index (χ1n) is 13.6. The number of nitrogens with one attached hydrogen (secondary N) is 2. The molecule has 0 saturated carbocycles. The van der Waals surface area contributed by atoms with E-state index in [4.69, 9.17) is 0 Å². The van der Waals surface area contributed by atoms with Crippen molar-refractivity contribution in [1.29, 1.82) is 0 Å². The Morgan fingerprint density at radius 1 is 0.512 bits per heavy atom. The molecule has 11 heteroatoms. The maximum absolute atomic E-state index is 12.8. The Kier molecular flexibility index (Phi) is 7.60. The van der Waals surface area contributed by atoms with Gasteiger partial charge in [0.15, 0.2) is 18.7 Å². The van der Waals surface area contributed by atoms with Crippen molar-refractivity contribution in [2.75, 3.05) is 0 Å². The number of aromatic nitrogens is 4. The van der Waals surface area contributed by atoms with Gasteiger partial charge in [-0.3, -0.25) is 19.8 Å². The molecule has 2 N–H and O–H groups in total. The maximum Gasteiger partial charge on any atom is 0.299 e. The molecule has 10 nitrogen and oxygen atoms in total. The van der Waals surface area contributed by atoms with Crippen LogP contribution in [0.2, 0.25) is 0 Å². The average molecular weight is 565 g/mol. The molecular weight excluding hydrogens is 539 g/mol. The second-order valence-electron chi connectivity index (χ2n) is 9.85. The molecule has 0 fully saturated rings. The highest BCUT2D eigenvalue weighted by molar-refractivity contribution is 6.67. The van der Waals surface area contributed by atoms with Crippen LogP contribution in [0.3, 0.4) is 0 Å². The summed E-state index contributed by atoms with van der Waals surface area (Å²) in [5, 5.41) is 23.1. The molecule has 0 bridgehead atoms. The second kappa shape index (κ2) is 12.0. The van der Waals surface area contributed by atoms with Crippen molar-refractivity contribution < 1.29 is 0 Å². The highest BCUT2D eigenvalue weighted by Gasteiger charge is 2.13. The van der Waals surface area contributed by atoms with Gasteiger partial charge in [-0.25, -0.2) is 9.36 Å². The van der Waals surface area contributed by atoms with E-state index in [0.717, 1.165) is 22.3 Å². The summed E-state index contributed by atoms with van der Waals surface area (Å²) in [6, 6.07) is 33.8. The first-order chi connectivity index (χ1) is 21.0. The van der Waals surface area contributed by atoms with Gasteiger partial charge in [-0.2, -0.15) is 10.2 Å². The quantitative estimate of drug-likeness (QED) is 0.180. The van der Waals surface area contributed by atoms with Crippen LogP contribution in [-0.2, 0) is 0 Å². The highest BCUT2D eigenvalue weighted by Crippen LogP contribution is 2.20. The Morgan fingerprint density at radius 3 is 1.26 bits per heavy atom. The van der Waals surface area contributed by atoms with Crippen molar-refractivity contribution >= 4 is 41.0 Å². The minimum absolute atomic E-state index is 0.257. The molecule has 0 saturated heterocycles. The number of aromatic amines is 2. The fraction of sp³-hybridized carbons (Fsp3) is 0.0625. The predicted molar refractivity (Wildman–Crippen MR) is 169 cm³/mol. The topological polar surface area (TPSA) is 125 Å². The third-order valence-corrected chi connectivity index (χ3v) is 6.76. The lowest BCUT2D eigenvalue weighted by Gasteiger charge is -2.01. The smallest absolute Gasteiger partial charge is 0.293 e. The first-order valence-corrected chi connectivity index (χ1v) is 13.6. The molecule has 0 amide bonds. The summed E-state index contributed by atoms with van der Waals surface area (Å²) >= 11 is 0. The minimum Gasteiger partial charge on any atom is -0.293 e. The molecule has 0 atom stereocenters. The summed E-state index contributed by atoms with van der Waals surface area (Å²) < 4.78 is 2.91. The molecule has 6 rings (SSSR count). The van der Waals surface area contributed by atoms with Gasteiger partial charge in [0.05, 0.1) is 34.1 Å². The number of rotatable bonds is 8. The van der Waals surface area contributed by atoms with Crippen LogP contribution in [0.15, 0.2) is 139 Å². The van der Waals surface area contributed by atoms with Gasteiger partial charge in [-0.1, -0.05) is 71.6 Å². The van der Waals surface area contributed by atoms with E-state index in [-0.39, 0.29) is 22.5 Å². The van der Waals surface area contributed by atoms with Crippen LogP contribution in [0.4, 0.5) is 22.7 Å². The third kappa shape index (κ3) is 5.96. The summed E-state index contributed by atoms with van der Waals surface area (Å²) in [5.41, 5.74) is 5.97.